The second-order valence-corrected chi connectivity index (χ2v) is 4.25. The quantitative estimate of drug-likeness (QED) is 0.780. The Bertz CT molecular complexity index is 354. The molecule has 15 heavy (non-hydrogen) atoms. The van der Waals surface area contributed by atoms with Gasteiger partial charge in [-0.2, -0.15) is 5.10 Å². The van der Waals surface area contributed by atoms with Crippen LogP contribution in [0.25, 0.3) is 0 Å². The lowest BCUT2D eigenvalue weighted by molar-refractivity contribution is 0.183. The molecular weight excluding hydrogens is 190 g/mol. The van der Waals surface area contributed by atoms with Gasteiger partial charge in [0, 0.05) is 18.5 Å². The van der Waals surface area contributed by atoms with Gasteiger partial charge >= 0.3 is 0 Å². The van der Waals surface area contributed by atoms with Gasteiger partial charge in [0.15, 0.2) is 0 Å². The number of aromatic nitrogens is 2. The smallest absolute Gasteiger partial charge is 0.264 e. The molecule has 2 heterocycles. The molecule has 1 aromatic rings. The van der Waals surface area contributed by atoms with Crippen molar-refractivity contribution in [1.82, 2.24) is 15.1 Å². The summed E-state index contributed by atoms with van der Waals surface area (Å²) in [6, 6.07) is 3.95. The molecule has 82 valence electrons. The zero-order chi connectivity index (χ0) is 10.7. The van der Waals surface area contributed by atoms with Crippen LogP contribution in [0.2, 0.25) is 0 Å². The lowest BCUT2D eigenvalue weighted by atomic mass is 9.99. The highest BCUT2D eigenvalue weighted by molar-refractivity contribution is 5.02. The fraction of sp³-hybridized carbons (Fsp3) is 0.636. The molecule has 0 bridgehead atoms. The SMILES string of the molecule is CN1CCCCC1Cc1ccc(=O)[nH]n1. The maximum Gasteiger partial charge on any atom is 0.264 e. The number of hydrogen-bond acceptors (Lipinski definition) is 3. The first-order chi connectivity index (χ1) is 7.25. The van der Waals surface area contributed by atoms with Crippen LogP contribution >= 0.6 is 0 Å². The number of hydrogen-bond donors (Lipinski definition) is 1. The summed E-state index contributed by atoms with van der Waals surface area (Å²) in [7, 11) is 2.16. The van der Waals surface area contributed by atoms with E-state index in [-0.39, 0.29) is 5.56 Å². The Morgan fingerprint density at radius 3 is 3.07 bits per heavy atom. The molecule has 0 aromatic carbocycles. The molecule has 1 N–H and O–H groups in total. The normalized spacial score (nSPS) is 22.9. The number of piperidine rings is 1. The van der Waals surface area contributed by atoms with E-state index in [9.17, 15) is 4.79 Å². The molecule has 1 aliphatic rings. The predicted octanol–water partition coefficient (Wildman–Crippen LogP) is 0.797. The van der Waals surface area contributed by atoms with Crippen molar-refractivity contribution in [2.24, 2.45) is 0 Å². The first-order valence-corrected chi connectivity index (χ1v) is 5.50. The minimum atomic E-state index is -0.129. The summed E-state index contributed by atoms with van der Waals surface area (Å²) in [5, 5.41) is 6.52. The van der Waals surface area contributed by atoms with Crippen LogP contribution in [0.1, 0.15) is 25.0 Å². The zero-order valence-electron chi connectivity index (χ0n) is 9.07. The Labute approximate surface area is 89.3 Å². The van der Waals surface area contributed by atoms with E-state index >= 15 is 0 Å². The molecular formula is C11H17N3O. The van der Waals surface area contributed by atoms with Gasteiger partial charge in [-0.25, -0.2) is 5.10 Å². The molecule has 1 atom stereocenters. The second-order valence-electron chi connectivity index (χ2n) is 4.25. The van der Waals surface area contributed by atoms with Crippen LogP contribution in [0.3, 0.4) is 0 Å². The van der Waals surface area contributed by atoms with Gasteiger partial charge in [0.05, 0.1) is 5.69 Å². The largest absolute Gasteiger partial charge is 0.303 e. The summed E-state index contributed by atoms with van der Waals surface area (Å²) >= 11 is 0. The molecule has 1 aromatic heterocycles. The second kappa shape index (κ2) is 4.57. The van der Waals surface area contributed by atoms with E-state index in [0.29, 0.717) is 6.04 Å². The number of likely N-dealkylation sites (N-methyl/N-ethyl adjacent to an activating group) is 1. The van der Waals surface area contributed by atoms with E-state index in [1.807, 2.05) is 6.07 Å². The van der Waals surface area contributed by atoms with Crippen LogP contribution in [-0.2, 0) is 6.42 Å². The van der Waals surface area contributed by atoms with E-state index in [1.54, 1.807) is 6.07 Å². The Hall–Kier alpha value is -1.16. The average Bonchev–Trinajstić information content (AvgIpc) is 2.25. The van der Waals surface area contributed by atoms with Crippen molar-refractivity contribution in [2.45, 2.75) is 31.7 Å². The third kappa shape index (κ3) is 2.65. The van der Waals surface area contributed by atoms with Crippen molar-refractivity contribution in [3.63, 3.8) is 0 Å². The molecule has 1 fully saturated rings. The van der Waals surface area contributed by atoms with Crippen LogP contribution in [0.15, 0.2) is 16.9 Å². The minimum Gasteiger partial charge on any atom is -0.303 e. The van der Waals surface area contributed by atoms with Crippen LogP contribution in [0, 0.1) is 0 Å². The number of rotatable bonds is 2. The van der Waals surface area contributed by atoms with E-state index in [2.05, 4.69) is 22.1 Å². The molecule has 1 saturated heterocycles. The Kier molecular flexibility index (Phi) is 3.16. The highest BCUT2D eigenvalue weighted by Crippen LogP contribution is 2.17. The molecule has 4 heteroatoms. The maximum atomic E-state index is 10.8. The average molecular weight is 207 g/mol. The van der Waals surface area contributed by atoms with Gasteiger partial charge in [0.25, 0.3) is 5.56 Å². The number of nitrogens with one attached hydrogen (secondary N) is 1. The fourth-order valence-electron chi connectivity index (χ4n) is 2.13. The molecule has 2 rings (SSSR count). The van der Waals surface area contributed by atoms with Gasteiger partial charge < -0.3 is 4.90 Å². The molecule has 0 spiro atoms. The lowest BCUT2D eigenvalue weighted by Gasteiger charge is -2.32. The minimum absolute atomic E-state index is 0.129. The first-order valence-electron chi connectivity index (χ1n) is 5.50. The van der Waals surface area contributed by atoms with Gasteiger partial charge in [-0.05, 0) is 32.5 Å². The van der Waals surface area contributed by atoms with E-state index in [4.69, 9.17) is 0 Å². The van der Waals surface area contributed by atoms with Crippen molar-refractivity contribution in [1.29, 1.82) is 0 Å². The number of nitrogens with zero attached hydrogens (tertiary/aromatic N) is 2. The van der Waals surface area contributed by atoms with E-state index in [0.717, 1.165) is 12.1 Å². The number of likely N-dealkylation sites (tertiary alicyclic amines) is 1. The summed E-state index contributed by atoms with van der Waals surface area (Å²) in [6.45, 7) is 1.17. The maximum absolute atomic E-state index is 10.8. The summed E-state index contributed by atoms with van der Waals surface area (Å²) in [5.41, 5.74) is 0.851. The Morgan fingerprint density at radius 2 is 2.40 bits per heavy atom. The van der Waals surface area contributed by atoms with Gasteiger partial charge in [0.2, 0.25) is 0 Å². The van der Waals surface area contributed by atoms with E-state index in [1.165, 1.54) is 25.8 Å². The highest BCUT2D eigenvalue weighted by Gasteiger charge is 2.19. The summed E-state index contributed by atoms with van der Waals surface area (Å²) in [6.07, 6.45) is 4.77. The third-order valence-electron chi connectivity index (χ3n) is 3.10. The molecule has 1 aliphatic heterocycles. The van der Waals surface area contributed by atoms with Crippen molar-refractivity contribution in [3.05, 3.63) is 28.2 Å². The highest BCUT2D eigenvalue weighted by atomic mass is 16.1. The summed E-state index contributed by atoms with van der Waals surface area (Å²) in [5.74, 6) is 0. The Morgan fingerprint density at radius 1 is 1.53 bits per heavy atom. The molecule has 0 amide bonds. The van der Waals surface area contributed by atoms with Crippen LogP contribution in [0.4, 0.5) is 0 Å². The zero-order valence-corrected chi connectivity index (χ0v) is 9.07. The number of aromatic amines is 1. The molecule has 0 saturated carbocycles. The molecule has 1 unspecified atom stereocenters. The van der Waals surface area contributed by atoms with Crippen LogP contribution in [-0.4, -0.2) is 34.7 Å². The van der Waals surface area contributed by atoms with Crippen molar-refractivity contribution >= 4 is 0 Å². The predicted molar refractivity (Wildman–Crippen MR) is 58.8 cm³/mol. The van der Waals surface area contributed by atoms with E-state index < -0.39 is 0 Å². The standard InChI is InChI=1S/C11H17N3O/c1-14-7-3-2-4-10(14)8-9-5-6-11(15)13-12-9/h5-6,10H,2-4,7-8H2,1H3,(H,13,15). The third-order valence-corrected chi connectivity index (χ3v) is 3.10. The number of H-pyrrole nitrogens is 1. The van der Waals surface area contributed by atoms with Gasteiger partial charge in [-0.15, -0.1) is 0 Å². The lowest BCUT2D eigenvalue weighted by Crippen LogP contribution is -2.37. The fourth-order valence-corrected chi connectivity index (χ4v) is 2.13. The summed E-state index contributed by atoms with van der Waals surface area (Å²) in [4.78, 5) is 13.2. The van der Waals surface area contributed by atoms with Gasteiger partial charge in [-0.3, -0.25) is 4.79 Å². The topological polar surface area (TPSA) is 49.0 Å². The van der Waals surface area contributed by atoms with Crippen LogP contribution < -0.4 is 5.56 Å². The first kappa shape index (κ1) is 10.4. The monoisotopic (exact) mass is 207 g/mol. The van der Waals surface area contributed by atoms with Gasteiger partial charge in [-0.1, -0.05) is 6.42 Å². The van der Waals surface area contributed by atoms with Gasteiger partial charge in [0.1, 0.15) is 0 Å². The van der Waals surface area contributed by atoms with Crippen LogP contribution in [0.5, 0.6) is 0 Å². The Balaban J connectivity index is 2.01. The molecule has 4 nitrogen and oxygen atoms in total. The van der Waals surface area contributed by atoms with Crippen molar-refractivity contribution in [2.75, 3.05) is 13.6 Å². The van der Waals surface area contributed by atoms with Crippen molar-refractivity contribution < 1.29 is 0 Å². The van der Waals surface area contributed by atoms with Crippen molar-refractivity contribution in [3.8, 4) is 0 Å². The molecule has 0 aliphatic carbocycles. The molecule has 0 radical (unpaired) electrons. The summed E-state index contributed by atoms with van der Waals surface area (Å²) < 4.78 is 0.